The minimum absolute atomic E-state index is 0.0362. The van der Waals surface area contributed by atoms with Gasteiger partial charge in [0.2, 0.25) is 0 Å². The van der Waals surface area contributed by atoms with Crippen LogP contribution in [-0.4, -0.2) is 104 Å². The molecular weight excluding hydrogens is 320 g/mol. The fourth-order valence-electron chi connectivity index (χ4n) is 1.49. The van der Waals surface area contributed by atoms with Crippen molar-refractivity contribution < 1.29 is 38.3 Å². The fraction of sp³-hybridized carbons (Fsp3) is 0.938. The first kappa shape index (κ1) is 23.7. The van der Waals surface area contributed by atoms with E-state index in [1.165, 1.54) is 0 Å². The van der Waals surface area contributed by atoms with Crippen LogP contribution >= 0.6 is 0 Å². The zero-order valence-electron chi connectivity index (χ0n) is 14.6. The van der Waals surface area contributed by atoms with Crippen molar-refractivity contribution in [2.24, 2.45) is 0 Å². The molecule has 0 aliphatic rings. The molecule has 0 aromatic carbocycles. The molecule has 0 bridgehead atoms. The summed E-state index contributed by atoms with van der Waals surface area (Å²) in [6, 6.07) is 0. The Kier molecular flexibility index (Phi) is 22.4. The van der Waals surface area contributed by atoms with Crippen LogP contribution in [0.5, 0.6) is 0 Å². The Morgan fingerprint density at radius 2 is 0.667 bits per heavy atom. The highest BCUT2D eigenvalue weighted by Crippen LogP contribution is 1.85. The smallest absolute Gasteiger partial charge is 0.0701 e. The maximum absolute atomic E-state index is 8.50. The largest absolute Gasteiger partial charge is 0.394 e. The molecule has 0 aromatic heterocycles. The quantitative estimate of drug-likeness (QED) is 0.287. The molecule has 0 spiro atoms. The van der Waals surface area contributed by atoms with E-state index in [2.05, 4.69) is 6.92 Å². The van der Waals surface area contributed by atoms with Crippen LogP contribution in [0, 0.1) is 6.92 Å². The summed E-state index contributed by atoms with van der Waals surface area (Å²) in [5, 5.41) is 8.50. The third kappa shape index (κ3) is 21.7. The van der Waals surface area contributed by atoms with Crippen LogP contribution in [0.3, 0.4) is 0 Å². The number of ether oxygens (including phenoxy) is 7. The molecule has 0 fully saturated rings. The molecule has 8 nitrogen and oxygen atoms in total. The van der Waals surface area contributed by atoms with Crippen molar-refractivity contribution in [3.05, 3.63) is 6.92 Å². The third-order valence-corrected chi connectivity index (χ3v) is 2.61. The first-order valence-corrected chi connectivity index (χ1v) is 8.36. The summed E-state index contributed by atoms with van der Waals surface area (Å²) >= 11 is 0. The van der Waals surface area contributed by atoms with Crippen molar-refractivity contribution in [1.82, 2.24) is 0 Å². The van der Waals surface area contributed by atoms with Crippen molar-refractivity contribution >= 4 is 0 Å². The number of hydrogen-bond acceptors (Lipinski definition) is 8. The van der Waals surface area contributed by atoms with Crippen LogP contribution in [-0.2, 0) is 33.2 Å². The molecule has 0 saturated heterocycles. The van der Waals surface area contributed by atoms with Crippen LogP contribution in [0.1, 0.15) is 0 Å². The summed E-state index contributed by atoms with van der Waals surface area (Å²) in [5.41, 5.74) is 0. The fourth-order valence-corrected chi connectivity index (χ4v) is 1.49. The van der Waals surface area contributed by atoms with Crippen LogP contribution in [0.2, 0.25) is 0 Å². The minimum Gasteiger partial charge on any atom is -0.394 e. The summed E-state index contributed by atoms with van der Waals surface area (Å²) in [5.74, 6) is 0. The average molecular weight is 353 g/mol. The predicted molar refractivity (Wildman–Crippen MR) is 88.2 cm³/mol. The Balaban J connectivity index is 2.93. The molecule has 0 aliphatic carbocycles. The Morgan fingerprint density at radius 3 is 0.917 bits per heavy atom. The zero-order valence-corrected chi connectivity index (χ0v) is 14.6. The lowest BCUT2D eigenvalue weighted by atomic mass is 10.6. The van der Waals surface area contributed by atoms with Gasteiger partial charge in [-0.1, -0.05) is 0 Å². The van der Waals surface area contributed by atoms with Gasteiger partial charge >= 0.3 is 0 Å². The lowest BCUT2D eigenvalue weighted by Crippen LogP contribution is -2.14. The SMILES string of the molecule is [CH2]COCCOCCOCCOCCOCCOCCOCCO. The summed E-state index contributed by atoms with van der Waals surface area (Å²) in [6.45, 7) is 10.8. The molecule has 0 aliphatic heterocycles. The van der Waals surface area contributed by atoms with E-state index < -0.39 is 0 Å². The zero-order chi connectivity index (χ0) is 17.6. The summed E-state index contributed by atoms with van der Waals surface area (Å²) in [4.78, 5) is 0. The highest BCUT2D eigenvalue weighted by atomic mass is 16.6. The second-order valence-corrected chi connectivity index (χ2v) is 4.51. The molecule has 0 amide bonds. The van der Waals surface area contributed by atoms with E-state index in [4.69, 9.17) is 38.3 Å². The number of hydrogen-bond donors (Lipinski definition) is 1. The molecule has 145 valence electrons. The summed E-state index contributed by atoms with van der Waals surface area (Å²) in [6.07, 6.45) is 0. The molecular formula is C16H33O8. The molecule has 24 heavy (non-hydrogen) atoms. The van der Waals surface area contributed by atoms with E-state index in [0.717, 1.165) is 0 Å². The van der Waals surface area contributed by atoms with Crippen LogP contribution in [0.15, 0.2) is 0 Å². The van der Waals surface area contributed by atoms with E-state index in [0.29, 0.717) is 92.5 Å². The highest BCUT2D eigenvalue weighted by Gasteiger charge is 1.94. The summed E-state index contributed by atoms with van der Waals surface area (Å²) in [7, 11) is 0. The Labute approximate surface area is 145 Å². The molecule has 0 saturated carbocycles. The van der Waals surface area contributed by atoms with E-state index in [9.17, 15) is 0 Å². The maximum atomic E-state index is 8.50. The van der Waals surface area contributed by atoms with Gasteiger partial charge in [0.15, 0.2) is 0 Å². The molecule has 1 N–H and O–H groups in total. The first-order chi connectivity index (χ1) is 11.9. The Bertz CT molecular complexity index is 196. The van der Waals surface area contributed by atoms with Crippen molar-refractivity contribution in [3.63, 3.8) is 0 Å². The van der Waals surface area contributed by atoms with Crippen molar-refractivity contribution in [2.75, 3.05) is 99.1 Å². The van der Waals surface area contributed by atoms with Crippen LogP contribution in [0.25, 0.3) is 0 Å². The monoisotopic (exact) mass is 353 g/mol. The molecule has 0 rings (SSSR count). The van der Waals surface area contributed by atoms with Gasteiger partial charge in [0.05, 0.1) is 92.5 Å². The lowest BCUT2D eigenvalue weighted by Gasteiger charge is -2.08. The second-order valence-electron chi connectivity index (χ2n) is 4.51. The predicted octanol–water partition coefficient (Wildman–Crippen LogP) is -0.0710. The Hall–Kier alpha value is -0.320. The van der Waals surface area contributed by atoms with E-state index >= 15 is 0 Å². The first-order valence-electron chi connectivity index (χ1n) is 8.36. The molecule has 0 unspecified atom stereocenters. The second kappa shape index (κ2) is 22.7. The maximum Gasteiger partial charge on any atom is 0.0701 e. The molecule has 0 heterocycles. The van der Waals surface area contributed by atoms with Crippen molar-refractivity contribution in [1.29, 1.82) is 0 Å². The Morgan fingerprint density at radius 1 is 0.417 bits per heavy atom. The number of aliphatic hydroxyl groups is 1. The lowest BCUT2D eigenvalue weighted by molar-refractivity contribution is -0.0208. The van der Waals surface area contributed by atoms with Crippen molar-refractivity contribution in [3.8, 4) is 0 Å². The number of rotatable bonds is 21. The van der Waals surface area contributed by atoms with E-state index in [1.807, 2.05) is 0 Å². The van der Waals surface area contributed by atoms with Gasteiger partial charge in [0.25, 0.3) is 0 Å². The third-order valence-electron chi connectivity index (χ3n) is 2.61. The number of aliphatic hydroxyl groups excluding tert-OH is 1. The van der Waals surface area contributed by atoms with Gasteiger partial charge in [-0.25, -0.2) is 0 Å². The van der Waals surface area contributed by atoms with Gasteiger partial charge in [0, 0.05) is 6.61 Å². The van der Waals surface area contributed by atoms with Gasteiger partial charge in [-0.3, -0.25) is 0 Å². The van der Waals surface area contributed by atoms with Gasteiger partial charge < -0.3 is 38.3 Å². The van der Waals surface area contributed by atoms with Gasteiger partial charge in [-0.2, -0.15) is 0 Å². The van der Waals surface area contributed by atoms with E-state index in [-0.39, 0.29) is 6.61 Å². The van der Waals surface area contributed by atoms with Crippen molar-refractivity contribution in [2.45, 2.75) is 0 Å². The molecule has 8 heteroatoms. The van der Waals surface area contributed by atoms with Gasteiger partial charge in [-0.15, -0.1) is 0 Å². The standard InChI is InChI=1S/C16H33O8/c1-2-18-5-6-20-9-10-22-13-14-24-16-15-23-12-11-21-8-7-19-4-3-17/h17H,1-16H2. The van der Waals surface area contributed by atoms with Gasteiger partial charge in [-0.05, 0) is 6.92 Å². The highest BCUT2D eigenvalue weighted by molar-refractivity contribution is 4.37. The van der Waals surface area contributed by atoms with E-state index in [1.54, 1.807) is 0 Å². The van der Waals surface area contributed by atoms with Crippen LogP contribution in [0.4, 0.5) is 0 Å². The minimum atomic E-state index is 0.0362. The topological polar surface area (TPSA) is 84.8 Å². The summed E-state index contributed by atoms with van der Waals surface area (Å²) < 4.78 is 36.7. The molecule has 0 aromatic rings. The van der Waals surface area contributed by atoms with Gasteiger partial charge in [0.1, 0.15) is 0 Å². The molecule has 1 radical (unpaired) electrons. The average Bonchev–Trinajstić information content (AvgIpc) is 2.60. The molecule has 0 atom stereocenters. The normalized spacial score (nSPS) is 11.2. The van der Waals surface area contributed by atoms with Crippen LogP contribution < -0.4 is 0 Å².